The van der Waals surface area contributed by atoms with E-state index in [2.05, 4.69) is 4.98 Å². The zero-order valence-corrected chi connectivity index (χ0v) is 8.39. The summed E-state index contributed by atoms with van der Waals surface area (Å²) in [5.74, 6) is -1.87. The lowest BCUT2D eigenvalue weighted by Crippen LogP contribution is -2.52. The normalized spacial score (nSPS) is 35.8. The molecule has 2 bridgehead atoms. The number of carbonyl (C=O) groups is 1. The maximum atomic E-state index is 13.1. The summed E-state index contributed by atoms with van der Waals surface area (Å²) in [5, 5.41) is 9.12. The first kappa shape index (κ1) is 9.72. The smallest absolute Gasteiger partial charge is 0.310 e. The van der Waals surface area contributed by atoms with Crippen LogP contribution in [0.4, 0.5) is 4.39 Å². The first-order chi connectivity index (χ1) is 7.63. The van der Waals surface area contributed by atoms with Gasteiger partial charge in [-0.2, -0.15) is 0 Å². The molecule has 84 valence electrons. The molecule has 3 fully saturated rings. The van der Waals surface area contributed by atoms with Gasteiger partial charge in [0.2, 0.25) is 0 Å². The molecule has 4 nitrogen and oxygen atoms in total. The third-order valence-electron chi connectivity index (χ3n) is 3.63. The summed E-state index contributed by atoms with van der Waals surface area (Å²) >= 11 is 0. The SMILES string of the molecule is O=C(O)C1C2CC1(c1cncc(F)c1)CO2. The molecule has 3 atom stereocenters. The Balaban J connectivity index is 2.03. The van der Waals surface area contributed by atoms with E-state index in [4.69, 9.17) is 9.84 Å². The largest absolute Gasteiger partial charge is 0.481 e. The molecule has 1 N–H and O–H groups in total. The van der Waals surface area contributed by atoms with Crippen LogP contribution in [-0.4, -0.2) is 28.8 Å². The molecule has 2 saturated heterocycles. The van der Waals surface area contributed by atoms with Crippen molar-refractivity contribution in [3.05, 3.63) is 29.8 Å². The maximum absolute atomic E-state index is 13.1. The number of aromatic nitrogens is 1. The van der Waals surface area contributed by atoms with Crippen LogP contribution in [0.2, 0.25) is 0 Å². The Kier molecular flexibility index (Phi) is 1.83. The lowest BCUT2D eigenvalue weighted by atomic mass is 9.58. The van der Waals surface area contributed by atoms with E-state index >= 15 is 0 Å². The summed E-state index contributed by atoms with van der Waals surface area (Å²) < 4.78 is 18.5. The van der Waals surface area contributed by atoms with E-state index in [1.165, 1.54) is 12.3 Å². The highest BCUT2D eigenvalue weighted by atomic mass is 19.1. The minimum atomic E-state index is -0.877. The van der Waals surface area contributed by atoms with Crippen molar-refractivity contribution in [2.45, 2.75) is 17.9 Å². The average molecular weight is 223 g/mol. The molecule has 1 aromatic rings. The van der Waals surface area contributed by atoms with E-state index in [1.54, 1.807) is 0 Å². The summed E-state index contributed by atoms with van der Waals surface area (Å²) in [6.07, 6.45) is 3.07. The van der Waals surface area contributed by atoms with Gasteiger partial charge in [-0.3, -0.25) is 9.78 Å². The molecule has 1 aromatic heterocycles. The first-order valence-corrected chi connectivity index (χ1v) is 5.09. The highest BCUT2D eigenvalue weighted by molar-refractivity contribution is 5.76. The van der Waals surface area contributed by atoms with Crippen LogP contribution in [0.15, 0.2) is 18.5 Å². The van der Waals surface area contributed by atoms with E-state index in [9.17, 15) is 9.18 Å². The van der Waals surface area contributed by atoms with Gasteiger partial charge in [-0.15, -0.1) is 0 Å². The molecule has 2 aliphatic heterocycles. The molecule has 0 spiro atoms. The topological polar surface area (TPSA) is 59.4 Å². The van der Waals surface area contributed by atoms with Crippen molar-refractivity contribution in [2.24, 2.45) is 5.92 Å². The fraction of sp³-hybridized carbons (Fsp3) is 0.455. The van der Waals surface area contributed by atoms with Crippen LogP contribution in [0, 0.1) is 11.7 Å². The van der Waals surface area contributed by atoms with Gasteiger partial charge >= 0.3 is 5.97 Å². The van der Waals surface area contributed by atoms with Crippen molar-refractivity contribution in [3.8, 4) is 0 Å². The Bertz CT molecular complexity index is 460. The third-order valence-corrected chi connectivity index (χ3v) is 3.63. The fourth-order valence-corrected chi connectivity index (χ4v) is 2.82. The van der Waals surface area contributed by atoms with Gasteiger partial charge in [0, 0.05) is 11.6 Å². The number of ether oxygens (including phenoxy) is 1. The van der Waals surface area contributed by atoms with Gasteiger partial charge in [0.1, 0.15) is 5.82 Å². The first-order valence-electron chi connectivity index (χ1n) is 5.09. The molecule has 3 heterocycles. The number of hydrogen-bond acceptors (Lipinski definition) is 3. The monoisotopic (exact) mass is 223 g/mol. The summed E-state index contributed by atoms with van der Waals surface area (Å²) in [6, 6.07) is 1.36. The number of rotatable bonds is 2. The Morgan fingerprint density at radius 3 is 3.06 bits per heavy atom. The molecule has 5 heteroatoms. The number of aliphatic carboxylic acids is 1. The zero-order valence-electron chi connectivity index (χ0n) is 8.39. The minimum Gasteiger partial charge on any atom is -0.481 e. The molecule has 16 heavy (non-hydrogen) atoms. The van der Waals surface area contributed by atoms with Crippen molar-refractivity contribution >= 4 is 5.97 Å². The van der Waals surface area contributed by atoms with Crippen LogP contribution in [0.1, 0.15) is 12.0 Å². The van der Waals surface area contributed by atoms with Crippen molar-refractivity contribution in [3.63, 3.8) is 0 Å². The molecule has 3 unspecified atom stereocenters. The van der Waals surface area contributed by atoms with Gasteiger partial charge in [-0.1, -0.05) is 0 Å². The average Bonchev–Trinajstić information content (AvgIpc) is 2.74. The molecule has 4 rings (SSSR count). The van der Waals surface area contributed by atoms with E-state index in [0.29, 0.717) is 18.6 Å². The van der Waals surface area contributed by atoms with Crippen molar-refractivity contribution in [1.29, 1.82) is 0 Å². The van der Waals surface area contributed by atoms with Crippen LogP contribution >= 0.6 is 0 Å². The van der Waals surface area contributed by atoms with Gasteiger partial charge in [-0.25, -0.2) is 4.39 Å². The van der Waals surface area contributed by atoms with Crippen LogP contribution in [-0.2, 0) is 14.9 Å². The van der Waals surface area contributed by atoms with E-state index in [-0.39, 0.29) is 6.10 Å². The van der Waals surface area contributed by atoms with Gasteiger partial charge in [0.15, 0.2) is 0 Å². The summed E-state index contributed by atoms with van der Waals surface area (Å²) in [4.78, 5) is 14.9. The minimum absolute atomic E-state index is 0.222. The molecule has 0 radical (unpaired) electrons. The number of halogens is 1. The number of carboxylic acid groups (broad SMARTS) is 1. The second-order valence-electron chi connectivity index (χ2n) is 4.42. The van der Waals surface area contributed by atoms with Crippen LogP contribution in [0.25, 0.3) is 0 Å². The highest BCUT2D eigenvalue weighted by Gasteiger charge is 2.65. The molecule has 0 amide bonds. The lowest BCUT2D eigenvalue weighted by molar-refractivity contribution is -0.150. The zero-order chi connectivity index (χ0) is 11.3. The molecular weight excluding hydrogens is 213 g/mol. The molecule has 3 aliphatic rings. The second kappa shape index (κ2) is 3.01. The molecular formula is C11H10FNO3. The summed E-state index contributed by atoms with van der Waals surface area (Å²) in [5.41, 5.74) is 0.0691. The van der Waals surface area contributed by atoms with Crippen LogP contribution in [0.3, 0.4) is 0 Å². The highest BCUT2D eigenvalue weighted by Crippen LogP contribution is 2.56. The fourth-order valence-electron chi connectivity index (χ4n) is 2.82. The Hall–Kier alpha value is -1.49. The van der Waals surface area contributed by atoms with Crippen molar-refractivity contribution < 1.29 is 19.0 Å². The van der Waals surface area contributed by atoms with Crippen LogP contribution < -0.4 is 0 Å². The molecule has 1 saturated carbocycles. The lowest BCUT2D eigenvalue weighted by Gasteiger charge is -2.42. The van der Waals surface area contributed by atoms with Gasteiger partial charge in [0.25, 0.3) is 0 Å². The van der Waals surface area contributed by atoms with E-state index in [1.807, 2.05) is 0 Å². The molecule has 0 aromatic carbocycles. The predicted molar refractivity (Wildman–Crippen MR) is 51.4 cm³/mol. The van der Waals surface area contributed by atoms with Gasteiger partial charge in [0.05, 0.1) is 24.8 Å². The Morgan fingerprint density at radius 2 is 2.44 bits per heavy atom. The van der Waals surface area contributed by atoms with Crippen molar-refractivity contribution in [1.82, 2.24) is 4.98 Å². The summed E-state index contributed by atoms with van der Waals surface area (Å²) in [6.45, 7) is 0.347. The molecule has 1 aliphatic carbocycles. The van der Waals surface area contributed by atoms with Gasteiger partial charge < -0.3 is 9.84 Å². The van der Waals surface area contributed by atoms with Crippen LogP contribution in [0.5, 0.6) is 0 Å². The quantitative estimate of drug-likeness (QED) is 0.811. The number of fused-ring (bicyclic) bond motifs is 1. The standard InChI is InChI=1S/C11H10FNO3/c12-7-1-6(3-13-4-7)11-2-8(16-5-11)9(11)10(14)15/h1,3-4,8-9H,2,5H2,(H,14,15). The number of hydrogen-bond donors (Lipinski definition) is 1. The summed E-state index contributed by atoms with van der Waals surface area (Å²) in [7, 11) is 0. The van der Waals surface area contributed by atoms with E-state index < -0.39 is 23.1 Å². The number of carboxylic acids is 1. The Morgan fingerprint density at radius 1 is 1.62 bits per heavy atom. The third kappa shape index (κ3) is 1.06. The predicted octanol–water partition coefficient (Wildman–Crippen LogP) is 0.962. The van der Waals surface area contributed by atoms with Gasteiger partial charge in [-0.05, 0) is 18.1 Å². The number of nitrogens with zero attached hydrogens (tertiary/aromatic N) is 1. The maximum Gasteiger partial charge on any atom is 0.310 e. The van der Waals surface area contributed by atoms with E-state index in [0.717, 1.165) is 6.20 Å². The second-order valence-corrected chi connectivity index (χ2v) is 4.42. The Labute approximate surface area is 91.1 Å². The number of pyridine rings is 1. The van der Waals surface area contributed by atoms with Crippen molar-refractivity contribution in [2.75, 3.05) is 6.61 Å².